The minimum Gasteiger partial charge on any atom is -0.392 e. The van der Waals surface area contributed by atoms with E-state index in [4.69, 9.17) is 0 Å². The van der Waals surface area contributed by atoms with E-state index in [0.29, 0.717) is 11.5 Å². The van der Waals surface area contributed by atoms with Crippen LogP contribution in [0.1, 0.15) is 52.9 Å². The molecule has 94 valence electrons. The maximum absolute atomic E-state index is 9.76. The number of aliphatic hydroxyl groups is 1. The Bertz CT molecular complexity index is 239. The molecule has 1 aliphatic carbocycles. The predicted octanol–water partition coefficient (Wildman–Crippen LogP) is 2.66. The van der Waals surface area contributed by atoms with Gasteiger partial charge in [0.2, 0.25) is 0 Å². The summed E-state index contributed by atoms with van der Waals surface area (Å²) in [5.41, 5.74) is 0.491. The summed E-state index contributed by atoms with van der Waals surface area (Å²) in [6, 6.07) is 0.716. The van der Waals surface area contributed by atoms with E-state index in [2.05, 4.69) is 25.7 Å². The molecule has 16 heavy (non-hydrogen) atoms. The van der Waals surface area contributed by atoms with Gasteiger partial charge in [0.15, 0.2) is 0 Å². The molecule has 2 aliphatic rings. The van der Waals surface area contributed by atoms with Crippen LogP contribution in [0.15, 0.2) is 0 Å². The fourth-order valence-corrected chi connectivity index (χ4v) is 3.89. The molecule has 2 fully saturated rings. The van der Waals surface area contributed by atoms with Crippen molar-refractivity contribution in [2.24, 2.45) is 11.3 Å². The molecule has 0 radical (unpaired) electrons. The monoisotopic (exact) mass is 225 g/mol. The minimum atomic E-state index is -0.0749. The average molecular weight is 225 g/mol. The summed E-state index contributed by atoms with van der Waals surface area (Å²) < 4.78 is 0. The van der Waals surface area contributed by atoms with E-state index >= 15 is 0 Å². The van der Waals surface area contributed by atoms with Crippen molar-refractivity contribution in [2.75, 3.05) is 13.1 Å². The first-order valence-corrected chi connectivity index (χ1v) is 6.88. The third kappa shape index (κ3) is 2.98. The van der Waals surface area contributed by atoms with Gasteiger partial charge in [0, 0.05) is 12.6 Å². The fourth-order valence-electron chi connectivity index (χ4n) is 3.89. The number of nitrogens with zero attached hydrogens (tertiary/aromatic N) is 1. The molecule has 0 aromatic carbocycles. The second-order valence-electron chi connectivity index (χ2n) is 6.86. The van der Waals surface area contributed by atoms with Crippen molar-refractivity contribution >= 4 is 0 Å². The van der Waals surface area contributed by atoms with Gasteiger partial charge in [-0.1, -0.05) is 20.8 Å². The van der Waals surface area contributed by atoms with E-state index in [0.717, 1.165) is 18.9 Å². The Morgan fingerprint density at radius 1 is 1.25 bits per heavy atom. The number of rotatable bonds is 1. The van der Waals surface area contributed by atoms with Gasteiger partial charge >= 0.3 is 0 Å². The molecule has 0 spiro atoms. The van der Waals surface area contributed by atoms with Crippen molar-refractivity contribution in [1.29, 1.82) is 0 Å². The van der Waals surface area contributed by atoms with Gasteiger partial charge in [-0.2, -0.15) is 0 Å². The Kier molecular flexibility index (Phi) is 3.60. The van der Waals surface area contributed by atoms with Crippen LogP contribution in [0.3, 0.4) is 0 Å². The van der Waals surface area contributed by atoms with Gasteiger partial charge in [0.1, 0.15) is 0 Å². The molecule has 0 unspecified atom stereocenters. The second-order valence-corrected chi connectivity index (χ2v) is 6.86. The molecule has 0 amide bonds. The largest absolute Gasteiger partial charge is 0.392 e. The number of hydrogen-bond donors (Lipinski definition) is 1. The van der Waals surface area contributed by atoms with Crippen LogP contribution in [0.5, 0.6) is 0 Å². The maximum Gasteiger partial charge on any atom is 0.0667 e. The quantitative estimate of drug-likeness (QED) is 0.741. The van der Waals surface area contributed by atoms with Gasteiger partial charge in [-0.3, -0.25) is 4.90 Å². The smallest absolute Gasteiger partial charge is 0.0667 e. The molecule has 3 atom stereocenters. The van der Waals surface area contributed by atoms with Crippen molar-refractivity contribution in [2.45, 2.75) is 65.0 Å². The molecule has 2 rings (SSSR count). The van der Waals surface area contributed by atoms with Crippen molar-refractivity contribution in [1.82, 2.24) is 4.90 Å². The SMILES string of the molecule is C[C@@H]1C[C@H](N2CCC[C@@H](O)C2)CC(C)(C)C1. The van der Waals surface area contributed by atoms with Crippen LogP contribution in [-0.2, 0) is 0 Å². The maximum atomic E-state index is 9.76. The van der Waals surface area contributed by atoms with Gasteiger partial charge in [-0.15, -0.1) is 0 Å². The Balaban J connectivity index is 1.97. The summed E-state index contributed by atoms with van der Waals surface area (Å²) >= 11 is 0. The molecule has 0 bridgehead atoms. The van der Waals surface area contributed by atoms with Gasteiger partial charge in [-0.25, -0.2) is 0 Å². The van der Waals surface area contributed by atoms with E-state index in [1.165, 1.54) is 32.2 Å². The number of aliphatic hydroxyl groups excluding tert-OH is 1. The summed E-state index contributed by atoms with van der Waals surface area (Å²) in [4.78, 5) is 2.55. The summed E-state index contributed by atoms with van der Waals surface area (Å²) in [7, 11) is 0. The number of β-amino-alcohol motifs (C(OH)–C–C–N with tert-alkyl or cyclic N) is 1. The Labute approximate surface area is 100 Å². The lowest BCUT2D eigenvalue weighted by atomic mass is 9.70. The van der Waals surface area contributed by atoms with E-state index < -0.39 is 0 Å². The molecule has 1 saturated carbocycles. The number of likely N-dealkylation sites (tertiary alicyclic amines) is 1. The minimum absolute atomic E-state index is 0.0749. The first kappa shape index (κ1) is 12.4. The zero-order chi connectivity index (χ0) is 11.8. The lowest BCUT2D eigenvalue weighted by Crippen LogP contribution is -2.48. The highest BCUT2D eigenvalue weighted by Gasteiger charge is 2.36. The lowest BCUT2D eigenvalue weighted by Gasteiger charge is -2.45. The molecular weight excluding hydrogens is 198 g/mol. The lowest BCUT2D eigenvalue weighted by molar-refractivity contribution is 0.00633. The highest BCUT2D eigenvalue weighted by atomic mass is 16.3. The normalized spacial score (nSPS) is 40.9. The molecule has 2 heteroatoms. The van der Waals surface area contributed by atoms with E-state index in [-0.39, 0.29) is 6.10 Å². The van der Waals surface area contributed by atoms with Crippen molar-refractivity contribution in [3.05, 3.63) is 0 Å². The third-order valence-electron chi connectivity index (χ3n) is 4.31. The van der Waals surface area contributed by atoms with Gasteiger partial charge < -0.3 is 5.11 Å². The standard InChI is InChI=1S/C14H27NO/c1-11-7-12(9-14(2,3)8-11)15-6-4-5-13(16)10-15/h11-13,16H,4-10H2,1-3H3/t11-,12+,13-/m1/s1. The summed E-state index contributed by atoms with van der Waals surface area (Å²) in [6.45, 7) is 9.29. The highest BCUT2D eigenvalue weighted by Crippen LogP contribution is 2.40. The van der Waals surface area contributed by atoms with Crippen molar-refractivity contribution in [3.63, 3.8) is 0 Å². The fraction of sp³-hybridized carbons (Fsp3) is 1.00. The third-order valence-corrected chi connectivity index (χ3v) is 4.31. The average Bonchev–Trinajstić information content (AvgIpc) is 2.14. The molecule has 1 saturated heterocycles. The first-order valence-electron chi connectivity index (χ1n) is 6.88. The molecule has 2 nitrogen and oxygen atoms in total. The van der Waals surface area contributed by atoms with Crippen molar-refractivity contribution < 1.29 is 5.11 Å². The van der Waals surface area contributed by atoms with Gasteiger partial charge in [-0.05, 0) is 50.0 Å². The Morgan fingerprint density at radius 2 is 2.00 bits per heavy atom. The summed E-state index contributed by atoms with van der Waals surface area (Å²) in [5.74, 6) is 0.841. The predicted molar refractivity (Wildman–Crippen MR) is 67.4 cm³/mol. The summed E-state index contributed by atoms with van der Waals surface area (Å²) in [5, 5.41) is 9.76. The van der Waals surface area contributed by atoms with E-state index in [1.54, 1.807) is 0 Å². The molecule has 1 heterocycles. The zero-order valence-electron chi connectivity index (χ0n) is 11.1. The Morgan fingerprint density at radius 3 is 2.62 bits per heavy atom. The first-order chi connectivity index (χ1) is 7.46. The van der Waals surface area contributed by atoms with Crippen molar-refractivity contribution in [3.8, 4) is 0 Å². The molecular formula is C14H27NO. The zero-order valence-corrected chi connectivity index (χ0v) is 11.1. The molecule has 1 aliphatic heterocycles. The van der Waals surface area contributed by atoms with Crippen LogP contribution in [0.2, 0.25) is 0 Å². The van der Waals surface area contributed by atoms with Crippen LogP contribution in [0, 0.1) is 11.3 Å². The highest BCUT2D eigenvalue weighted by molar-refractivity contribution is 4.89. The van der Waals surface area contributed by atoms with Crippen LogP contribution in [-0.4, -0.2) is 35.2 Å². The molecule has 0 aromatic heterocycles. The van der Waals surface area contributed by atoms with E-state index in [1.807, 2.05) is 0 Å². The van der Waals surface area contributed by atoms with Crippen LogP contribution in [0.4, 0.5) is 0 Å². The van der Waals surface area contributed by atoms with Crippen LogP contribution in [0.25, 0.3) is 0 Å². The second kappa shape index (κ2) is 4.66. The number of hydrogen-bond acceptors (Lipinski definition) is 2. The Hall–Kier alpha value is -0.0800. The van der Waals surface area contributed by atoms with Crippen LogP contribution >= 0.6 is 0 Å². The molecule has 0 aromatic rings. The van der Waals surface area contributed by atoms with Crippen LogP contribution < -0.4 is 0 Å². The van der Waals surface area contributed by atoms with E-state index in [9.17, 15) is 5.11 Å². The molecule has 1 N–H and O–H groups in total. The van der Waals surface area contributed by atoms with Gasteiger partial charge in [0.05, 0.1) is 6.10 Å². The topological polar surface area (TPSA) is 23.5 Å². The van der Waals surface area contributed by atoms with Gasteiger partial charge in [0.25, 0.3) is 0 Å². The summed E-state index contributed by atoms with van der Waals surface area (Å²) in [6.07, 6.45) is 6.10. The number of piperidine rings is 1.